The van der Waals surface area contributed by atoms with Crippen LogP contribution in [0.1, 0.15) is 35.6 Å². The number of carbonyl (C=O) groups is 1. The first-order valence-electron chi connectivity index (χ1n) is 15.7. The Kier molecular flexibility index (Phi) is 11.4. The molecule has 12 heteroatoms. The summed E-state index contributed by atoms with van der Waals surface area (Å²) in [6.07, 6.45) is -0.711. The molecule has 0 unspecified atom stereocenters. The van der Waals surface area contributed by atoms with E-state index in [0.717, 1.165) is 0 Å². The van der Waals surface area contributed by atoms with E-state index in [1.54, 1.807) is 92.0 Å². The van der Waals surface area contributed by atoms with Crippen LogP contribution in [0.25, 0.3) is 0 Å². The van der Waals surface area contributed by atoms with E-state index in [1.807, 2.05) is 0 Å². The third-order valence-corrected chi connectivity index (χ3v) is 9.95. The van der Waals surface area contributed by atoms with Gasteiger partial charge in [0.1, 0.15) is 23.0 Å². The number of hydrogen-bond acceptors (Lipinski definition) is 10. The van der Waals surface area contributed by atoms with Gasteiger partial charge in [-0.05, 0) is 66.2 Å². The van der Waals surface area contributed by atoms with Gasteiger partial charge in [0.05, 0.1) is 38.6 Å². The van der Waals surface area contributed by atoms with Gasteiger partial charge in [-0.2, -0.15) is 0 Å². The van der Waals surface area contributed by atoms with Crippen LogP contribution in [0, 0.1) is 0 Å². The second-order valence-corrected chi connectivity index (χ2v) is 13.4. The molecule has 1 heterocycles. The molecule has 4 aromatic rings. The van der Waals surface area contributed by atoms with Gasteiger partial charge in [0.15, 0.2) is 21.5 Å². The molecule has 1 amide bonds. The Morgan fingerprint density at radius 1 is 0.878 bits per heavy atom. The van der Waals surface area contributed by atoms with Crippen molar-refractivity contribution in [2.45, 2.75) is 35.9 Å². The number of benzene rings is 4. The first-order valence-corrected chi connectivity index (χ1v) is 17.4. The van der Waals surface area contributed by atoms with Crippen LogP contribution in [0.3, 0.4) is 0 Å². The van der Waals surface area contributed by atoms with Crippen LogP contribution < -0.4 is 24.3 Å². The Morgan fingerprint density at radius 3 is 2.29 bits per heavy atom. The van der Waals surface area contributed by atoms with Gasteiger partial charge < -0.3 is 34.1 Å². The number of rotatable bonds is 16. The molecule has 0 bridgehead atoms. The fourth-order valence-electron chi connectivity index (χ4n) is 5.54. The second-order valence-electron chi connectivity index (χ2n) is 11.3. The Hall–Kier alpha value is -5.07. The van der Waals surface area contributed by atoms with Crippen LogP contribution in [0.5, 0.6) is 23.0 Å². The number of carbonyl (C=O) groups excluding carboxylic acids is 1. The Morgan fingerprint density at radius 2 is 1.59 bits per heavy atom. The first kappa shape index (κ1) is 35.2. The van der Waals surface area contributed by atoms with E-state index in [4.69, 9.17) is 33.8 Å². The summed E-state index contributed by atoms with van der Waals surface area (Å²) in [5, 5.41) is 12.1. The van der Waals surface area contributed by atoms with Gasteiger partial charge in [-0.3, -0.25) is 4.79 Å². The van der Waals surface area contributed by atoms with Crippen molar-refractivity contribution in [3.8, 4) is 23.0 Å². The van der Waals surface area contributed by atoms with Crippen molar-refractivity contribution >= 4 is 21.6 Å². The largest absolute Gasteiger partial charge is 0.497 e. The predicted octanol–water partition coefficient (Wildman–Crippen LogP) is 4.91. The van der Waals surface area contributed by atoms with Gasteiger partial charge in [-0.25, -0.2) is 13.4 Å². The molecule has 0 saturated heterocycles. The average Bonchev–Trinajstić information content (AvgIpc) is 3.54. The van der Waals surface area contributed by atoms with Gasteiger partial charge in [-0.1, -0.05) is 30.3 Å². The Balaban J connectivity index is 1.57. The summed E-state index contributed by atoms with van der Waals surface area (Å²) in [5.74, 6) is 1.49. The highest BCUT2D eigenvalue weighted by Crippen LogP contribution is 2.44. The van der Waals surface area contributed by atoms with E-state index in [9.17, 15) is 13.2 Å². The minimum absolute atomic E-state index is 0.0176. The number of aliphatic hydroxyl groups excluding tert-OH is 1. The molecular weight excluding hydrogens is 648 g/mol. The number of sulfone groups is 1. The molecule has 49 heavy (non-hydrogen) atoms. The van der Waals surface area contributed by atoms with Crippen molar-refractivity contribution in [1.82, 2.24) is 5.32 Å². The quantitative estimate of drug-likeness (QED) is 0.157. The summed E-state index contributed by atoms with van der Waals surface area (Å²) in [4.78, 5) is 19.7. The summed E-state index contributed by atoms with van der Waals surface area (Å²) in [6.45, 7) is 0.432. The molecule has 4 aromatic carbocycles. The molecule has 5 rings (SSSR count). The maximum Gasteiger partial charge on any atom is 0.252 e. The van der Waals surface area contributed by atoms with E-state index >= 15 is 0 Å². The highest BCUT2D eigenvalue weighted by atomic mass is 32.2. The van der Waals surface area contributed by atoms with Crippen LogP contribution >= 0.6 is 0 Å². The summed E-state index contributed by atoms with van der Waals surface area (Å²) >= 11 is 0. The summed E-state index contributed by atoms with van der Waals surface area (Å²) in [6, 6.07) is 27.5. The number of amides is 1. The molecular formula is C37H40N2O9S. The van der Waals surface area contributed by atoms with Crippen LogP contribution in [0.4, 0.5) is 0 Å². The number of ether oxygens (including phenoxy) is 5. The van der Waals surface area contributed by atoms with Crippen LogP contribution in [0.2, 0.25) is 0 Å². The molecule has 0 saturated carbocycles. The van der Waals surface area contributed by atoms with E-state index in [1.165, 1.54) is 26.4 Å². The van der Waals surface area contributed by atoms with Crippen LogP contribution in [-0.4, -0.2) is 71.2 Å². The molecule has 1 aliphatic rings. The first-order chi connectivity index (χ1) is 23.7. The summed E-state index contributed by atoms with van der Waals surface area (Å²) < 4.78 is 55.8. The molecule has 0 radical (unpaired) electrons. The third kappa shape index (κ3) is 8.15. The molecule has 0 aliphatic carbocycles. The minimum Gasteiger partial charge on any atom is -0.497 e. The van der Waals surface area contributed by atoms with Gasteiger partial charge in [0, 0.05) is 43.2 Å². The fraction of sp³-hybridized carbons (Fsp3) is 0.297. The van der Waals surface area contributed by atoms with Gasteiger partial charge >= 0.3 is 0 Å². The lowest BCUT2D eigenvalue weighted by Gasteiger charge is -2.31. The van der Waals surface area contributed by atoms with Crippen molar-refractivity contribution < 1.29 is 42.0 Å². The summed E-state index contributed by atoms with van der Waals surface area (Å²) in [5.41, 5.74) is 0.122. The monoisotopic (exact) mass is 688 g/mol. The standard InChI is InChI=1S/C37H40N2O9S/c1-44-30-10-7-9-27(23-30)34-37(19-22-49(42,43)32-11-5-4-6-12-32,36(41)38-25-28-15-18-31(45-2)24-33(28)46-3)39-35(48-34)26-13-16-29(17-14-26)47-21-8-20-40/h4-7,9-18,23-24,34,40H,8,19-22,25H2,1-3H3,(H,38,41)/t34-,37-/m1/s1. The Labute approximate surface area is 286 Å². The topological polar surface area (TPSA) is 142 Å². The molecule has 0 fully saturated rings. The number of aliphatic imine (C=N–C) groups is 1. The fourth-order valence-corrected chi connectivity index (χ4v) is 6.92. The van der Waals surface area contributed by atoms with Crippen molar-refractivity contribution in [3.05, 3.63) is 114 Å². The maximum absolute atomic E-state index is 14.6. The van der Waals surface area contributed by atoms with E-state index < -0.39 is 27.4 Å². The van der Waals surface area contributed by atoms with Crippen molar-refractivity contribution in [2.24, 2.45) is 4.99 Å². The van der Waals surface area contributed by atoms with E-state index in [0.29, 0.717) is 52.7 Å². The maximum atomic E-state index is 14.6. The SMILES string of the molecule is COc1cccc([C@H]2OC(c3ccc(OCCCO)cc3)=N[C@@]2(CCS(=O)(=O)c2ccccc2)C(=O)NCc2ccc(OC)cc2OC)c1. The van der Waals surface area contributed by atoms with Crippen molar-refractivity contribution in [3.63, 3.8) is 0 Å². The zero-order valence-electron chi connectivity index (χ0n) is 27.6. The van der Waals surface area contributed by atoms with Gasteiger partial charge in [-0.15, -0.1) is 0 Å². The lowest BCUT2D eigenvalue weighted by molar-refractivity contribution is -0.129. The molecule has 0 spiro atoms. The van der Waals surface area contributed by atoms with Crippen LogP contribution in [0.15, 0.2) is 107 Å². The molecule has 2 atom stereocenters. The normalized spacial score (nSPS) is 17.1. The van der Waals surface area contributed by atoms with Crippen molar-refractivity contribution in [2.75, 3.05) is 40.3 Å². The third-order valence-electron chi connectivity index (χ3n) is 8.21. The van der Waals surface area contributed by atoms with Crippen LogP contribution in [-0.2, 0) is 25.9 Å². The number of nitrogens with zero attached hydrogens (tertiary/aromatic N) is 1. The number of hydrogen-bond donors (Lipinski definition) is 2. The number of nitrogens with one attached hydrogen (secondary N) is 1. The molecule has 11 nitrogen and oxygen atoms in total. The molecule has 258 valence electrons. The molecule has 0 aromatic heterocycles. The zero-order valence-corrected chi connectivity index (χ0v) is 28.4. The lowest BCUT2D eigenvalue weighted by atomic mass is 9.85. The average molecular weight is 689 g/mol. The van der Waals surface area contributed by atoms with Gasteiger partial charge in [0.2, 0.25) is 5.90 Å². The highest BCUT2D eigenvalue weighted by Gasteiger charge is 2.53. The van der Waals surface area contributed by atoms with E-state index in [-0.39, 0.29) is 36.1 Å². The number of methoxy groups -OCH3 is 3. The Bertz CT molecular complexity index is 1860. The second kappa shape index (κ2) is 15.9. The zero-order chi connectivity index (χ0) is 34.9. The summed E-state index contributed by atoms with van der Waals surface area (Å²) in [7, 11) is 0.795. The molecule has 1 aliphatic heterocycles. The number of aliphatic hydroxyl groups is 1. The molecule has 2 N–H and O–H groups in total. The lowest BCUT2D eigenvalue weighted by Crippen LogP contribution is -2.49. The van der Waals surface area contributed by atoms with E-state index in [2.05, 4.69) is 5.32 Å². The van der Waals surface area contributed by atoms with Crippen molar-refractivity contribution in [1.29, 1.82) is 0 Å². The minimum atomic E-state index is -3.82. The van der Waals surface area contributed by atoms with Gasteiger partial charge in [0.25, 0.3) is 5.91 Å². The highest BCUT2D eigenvalue weighted by molar-refractivity contribution is 7.91. The predicted molar refractivity (Wildman–Crippen MR) is 184 cm³/mol. The smallest absolute Gasteiger partial charge is 0.252 e.